The van der Waals surface area contributed by atoms with Gasteiger partial charge in [0.2, 0.25) is 5.95 Å². The van der Waals surface area contributed by atoms with Crippen LogP contribution in [0.3, 0.4) is 0 Å². The van der Waals surface area contributed by atoms with Gasteiger partial charge >= 0.3 is 0 Å². The van der Waals surface area contributed by atoms with Crippen LogP contribution in [0.25, 0.3) is 0 Å². The number of hydrogen-bond donors (Lipinski definition) is 1. The van der Waals surface area contributed by atoms with Gasteiger partial charge in [-0.1, -0.05) is 0 Å². The topological polar surface area (TPSA) is 53.9 Å². The molecule has 0 aliphatic heterocycles. The zero-order valence-corrected chi connectivity index (χ0v) is 12.6. The smallest absolute Gasteiger partial charge is 0.224 e. The number of nitrogens with zero attached hydrogens (tertiary/aromatic N) is 4. The Bertz CT molecular complexity index is 552. The van der Waals surface area contributed by atoms with E-state index >= 15 is 0 Å². The summed E-state index contributed by atoms with van der Waals surface area (Å²) in [6, 6.07) is 0. The summed E-state index contributed by atoms with van der Waals surface area (Å²) in [5.41, 5.74) is 2.14. The molecule has 2 aromatic rings. The lowest BCUT2D eigenvalue weighted by atomic mass is 10.3. The Balaban J connectivity index is 2.17. The van der Waals surface area contributed by atoms with Crippen molar-refractivity contribution in [3.05, 3.63) is 27.8 Å². The van der Waals surface area contributed by atoms with E-state index in [-0.39, 0.29) is 0 Å². The molecule has 0 saturated heterocycles. The Kier molecular flexibility index (Phi) is 4.31. The zero-order chi connectivity index (χ0) is 13.8. The van der Waals surface area contributed by atoms with Gasteiger partial charge in [0.05, 0.1) is 17.2 Å². The molecule has 0 fully saturated rings. The predicted molar refractivity (Wildman–Crippen MR) is 79.9 cm³/mol. The van der Waals surface area contributed by atoms with E-state index in [1.807, 2.05) is 34.0 Å². The van der Waals surface area contributed by atoms with E-state index in [1.165, 1.54) is 0 Å². The minimum Gasteiger partial charge on any atom is -0.354 e. The molecule has 2 rings (SSSR count). The Morgan fingerprint density at radius 1 is 1.32 bits per heavy atom. The number of rotatable bonds is 5. The molecular weight excluding hydrogens is 258 g/mol. The molecule has 2 aromatic heterocycles. The quantitative estimate of drug-likeness (QED) is 0.910. The average molecular weight is 277 g/mol. The van der Waals surface area contributed by atoms with E-state index in [0.717, 1.165) is 35.2 Å². The van der Waals surface area contributed by atoms with E-state index in [0.29, 0.717) is 5.95 Å². The van der Waals surface area contributed by atoms with Crippen molar-refractivity contribution in [1.82, 2.24) is 15.0 Å². The first kappa shape index (κ1) is 13.7. The third-order valence-electron chi connectivity index (χ3n) is 2.71. The SMILES string of the molecule is CCNc1ncc(C)c(N(C)Cc2csc(C)n2)n1. The van der Waals surface area contributed by atoms with E-state index in [9.17, 15) is 0 Å². The Labute approximate surface area is 117 Å². The molecule has 0 saturated carbocycles. The normalized spacial score (nSPS) is 10.5. The molecule has 6 heteroatoms. The van der Waals surface area contributed by atoms with Crippen LogP contribution in [-0.4, -0.2) is 28.5 Å². The summed E-state index contributed by atoms with van der Waals surface area (Å²) in [5.74, 6) is 1.61. The molecule has 0 aliphatic rings. The lowest BCUT2D eigenvalue weighted by Crippen LogP contribution is -2.20. The highest BCUT2D eigenvalue weighted by Gasteiger charge is 2.10. The second-order valence-electron chi connectivity index (χ2n) is 4.44. The van der Waals surface area contributed by atoms with Crippen LogP contribution in [0.15, 0.2) is 11.6 Å². The van der Waals surface area contributed by atoms with Gasteiger partial charge in [0.25, 0.3) is 0 Å². The average Bonchev–Trinajstić information content (AvgIpc) is 2.77. The number of thiazole rings is 1. The fourth-order valence-corrected chi connectivity index (χ4v) is 2.47. The van der Waals surface area contributed by atoms with Gasteiger partial charge in [-0.15, -0.1) is 11.3 Å². The molecule has 102 valence electrons. The first-order valence-corrected chi connectivity index (χ1v) is 7.17. The minimum absolute atomic E-state index is 0.671. The highest BCUT2D eigenvalue weighted by Crippen LogP contribution is 2.19. The summed E-state index contributed by atoms with van der Waals surface area (Å²) < 4.78 is 0. The van der Waals surface area contributed by atoms with Gasteiger partial charge in [0.1, 0.15) is 5.82 Å². The maximum atomic E-state index is 4.54. The maximum absolute atomic E-state index is 4.54. The summed E-state index contributed by atoms with van der Waals surface area (Å²) >= 11 is 1.67. The molecule has 0 spiro atoms. The third kappa shape index (κ3) is 3.41. The van der Waals surface area contributed by atoms with Crippen LogP contribution in [0.4, 0.5) is 11.8 Å². The van der Waals surface area contributed by atoms with Crippen LogP contribution in [0, 0.1) is 13.8 Å². The van der Waals surface area contributed by atoms with Gasteiger partial charge in [-0.3, -0.25) is 0 Å². The Morgan fingerprint density at radius 2 is 2.11 bits per heavy atom. The van der Waals surface area contributed by atoms with Crippen LogP contribution < -0.4 is 10.2 Å². The number of hydrogen-bond acceptors (Lipinski definition) is 6. The second kappa shape index (κ2) is 5.97. The second-order valence-corrected chi connectivity index (χ2v) is 5.51. The number of anilines is 2. The van der Waals surface area contributed by atoms with Gasteiger partial charge < -0.3 is 10.2 Å². The van der Waals surface area contributed by atoms with E-state index in [4.69, 9.17) is 0 Å². The molecule has 0 aromatic carbocycles. The standard InChI is InChI=1S/C13H19N5S/c1-5-14-13-15-6-9(2)12(17-13)18(4)7-11-8-19-10(3)16-11/h6,8H,5,7H2,1-4H3,(H,14,15,17). The van der Waals surface area contributed by atoms with Crippen molar-refractivity contribution in [1.29, 1.82) is 0 Å². The van der Waals surface area contributed by atoms with Crippen LogP contribution in [0.5, 0.6) is 0 Å². The highest BCUT2D eigenvalue weighted by molar-refractivity contribution is 7.09. The molecule has 1 N–H and O–H groups in total. The molecule has 0 atom stereocenters. The molecular formula is C13H19N5S. The summed E-state index contributed by atoms with van der Waals surface area (Å²) in [5, 5.41) is 6.32. The fraction of sp³-hybridized carbons (Fsp3) is 0.462. The molecule has 0 unspecified atom stereocenters. The van der Waals surface area contributed by atoms with Gasteiger partial charge in [-0.2, -0.15) is 4.98 Å². The van der Waals surface area contributed by atoms with Gasteiger partial charge in [0, 0.05) is 30.7 Å². The summed E-state index contributed by atoms with van der Waals surface area (Å²) in [4.78, 5) is 15.4. The monoisotopic (exact) mass is 277 g/mol. The van der Waals surface area contributed by atoms with Crippen molar-refractivity contribution in [2.24, 2.45) is 0 Å². The van der Waals surface area contributed by atoms with E-state index in [2.05, 4.69) is 30.5 Å². The van der Waals surface area contributed by atoms with E-state index in [1.54, 1.807) is 11.3 Å². The van der Waals surface area contributed by atoms with Gasteiger partial charge in [-0.05, 0) is 20.8 Å². The Morgan fingerprint density at radius 3 is 2.74 bits per heavy atom. The van der Waals surface area contributed by atoms with Crippen molar-refractivity contribution < 1.29 is 0 Å². The van der Waals surface area contributed by atoms with Crippen LogP contribution >= 0.6 is 11.3 Å². The highest BCUT2D eigenvalue weighted by atomic mass is 32.1. The third-order valence-corrected chi connectivity index (χ3v) is 3.53. The largest absolute Gasteiger partial charge is 0.354 e. The van der Waals surface area contributed by atoms with Gasteiger partial charge in [0.15, 0.2) is 0 Å². The van der Waals surface area contributed by atoms with Crippen molar-refractivity contribution in [2.75, 3.05) is 23.8 Å². The molecule has 0 bridgehead atoms. The number of nitrogens with one attached hydrogen (secondary N) is 1. The fourth-order valence-electron chi connectivity index (χ4n) is 1.86. The molecule has 0 amide bonds. The Hall–Kier alpha value is -1.69. The zero-order valence-electron chi connectivity index (χ0n) is 11.8. The number of aryl methyl sites for hydroxylation is 2. The van der Waals surface area contributed by atoms with Crippen LogP contribution in [-0.2, 0) is 6.54 Å². The molecule has 0 radical (unpaired) electrons. The molecule has 5 nitrogen and oxygen atoms in total. The maximum Gasteiger partial charge on any atom is 0.224 e. The molecule has 0 aliphatic carbocycles. The lowest BCUT2D eigenvalue weighted by Gasteiger charge is -2.19. The van der Waals surface area contributed by atoms with Crippen molar-refractivity contribution in [2.45, 2.75) is 27.3 Å². The van der Waals surface area contributed by atoms with Gasteiger partial charge in [-0.25, -0.2) is 9.97 Å². The first-order chi connectivity index (χ1) is 9.10. The first-order valence-electron chi connectivity index (χ1n) is 6.29. The van der Waals surface area contributed by atoms with Crippen molar-refractivity contribution in [3.8, 4) is 0 Å². The summed E-state index contributed by atoms with van der Waals surface area (Å²) in [7, 11) is 2.03. The minimum atomic E-state index is 0.671. The van der Waals surface area contributed by atoms with E-state index < -0.39 is 0 Å². The predicted octanol–water partition coefficient (Wildman–Crippen LogP) is 2.62. The van der Waals surface area contributed by atoms with Crippen LogP contribution in [0.1, 0.15) is 23.2 Å². The summed E-state index contributed by atoms with van der Waals surface area (Å²) in [6.07, 6.45) is 1.85. The summed E-state index contributed by atoms with van der Waals surface area (Å²) in [6.45, 7) is 7.65. The lowest BCUT2D eigenvalue weighted by molar-refractivity contribution is 0.858. The van der Waals surface area contributed by atoms with Crippen molar-refractivity contribution in [3.63, 3.8) is 0 Å². The van der Waals surface area contributed by atoms with Crippen molar-refractivity contribution >= 4 is 23.1 Å². The molecule has 19 heavy (non-hydrogen) atoms. The molecule has 2 heterocycles. The van der Waals surface area contributed by atoms with Crippen LogP contribution in [0.2, 0.25) is 0 Å². The number of aromatic nitrogens is 3.